The van der Waals surface area contributed by atoms with Crippen LogP contribution in [-0.4, -0.2) is 39.8 Å². The maximum Gasteiger partial charge on any atom is 0.631 e. The Hall–Kier alpha value is -5.59. The van der Waals surface area contributed by atoms with Crippen molar-refractivity contribution in [2.45, 2.75) is 0 Å². The summed E-state index contributed by atoms with van der Waals surface area (Å²) in [6.45, 7) is 0. The molecule has 8 rings (SSSR count). The Morgan fingerprint density at radius 2 is 1.30 bits per heavy atom. The fraction of sp³-hybridized carbons (Fsp3) is 0. The van der Waals surface area contributed by atoms with Gasteiger partial charge in [0.2, 0.25) is 29.1 Å². The molecule has 7 nitrogen and oxygen atoms in total. The van der Waals surface area contributed by atoms with Gasteiger partial charge in [-0.15, -0.1) is 0 Å². The Kier molecular flexibility index (Phi) is 5.24. The molecule has 4 heterocycles. The first-order valence-corrected chi connectivity index (χ1v) is 12.9. The molecule has 1 N–H and O–H groups in total. The number of amidine groups is 4. The molecule has 4 aromatic carbocycles. The summed E-state index contributed by atoms with van der Waals surface area (Å²) in [6, 6.07) is 21.2. The number of hydrogen-bond acceptors (Lipinski definition) is 4. The third-order valence-electron chi connectivity index (χ3n) is 7.51. The average Bonchev–Trinajstić information content (AvgIpc) is 3.67. The molecule has 0 fully saturated rings. The van der Waals surface area contributed by atoms with Gasteiger partial charge in [0.1, 0.15) is 17.5 Å². The lowest BCUT2D eigenvalue weighted by atomic mass is 9.94. The molecule has 3 aliphatic heterocycles. The maximum atomic E-state index is 15.0. The minimum absolute atomic E-state index is 0.00177. The lowest BCUT2D eigenvalue weighted by Crippen LogP contribution is -2.55. The van der Waals surface area contributed by atoms with Crippen LogP contribution in [0.15, 0.2) is 94.0 Å². The number of rotatable bonds is 2. The van der Waals surface area contributed by atoms with Crippen molar-refractivity contribution < 1.29 is 26.6 Å². The highest BCUT2D eigenvalue weighted by atomic mass is 19.2. The molecule has 208 valence electrons. The van der Waals surface area contributed by atoms with Crippen molar-refractivity contribution in [1.29, 1.82) is 5.41 Å². The molecule has 0 spiro atoms. The number of nitrogens with zero attached hydrogens (tertiary/aromatic N) is 5. The summed E-state index contributed by atoms with van der Waals surface area (Å²) in [5.74, 6) is -11.2. The number of aromatic nitrogens is 1. The molecule has 1 aromatic heterocycles. The monoisotopic (exact) mass is 580 g/mol. The Labute approximate surface area is 239 Å². The van der Waals surface area contributed by atoms with E-state index in [4.69, 9.17) is 20.0 Å². The molecule has 0 saturated carbocycles. The second-order valence-electron chi connectivity index (χ2n) is 9.91. The van der Waals surface area contributed by atoms with Crippen molar-refractivity contribution in [3.05, 3.63) is 130 Å². The fourth-order valence-corrected chi connectivity index (χ4v) is 5.54. The third-order valence-corrected chi connectivity index (χ3v) is 7.51. The van der Waals surface area contributed by atoms with E-state index in [0.29, 0.717) is 38.8 Å². The normalized spacial score (nSPS) is 15.8. The van der Waals surface area contributed by atoms with Crippen molar-refractivity contribution in [3.8, 4) is 5.75 Å². The van der Waals surface area contributed by atoms with E-state index in [1.807, 2.05) is 0 Å². The van der Waals surface area contributed by atoms with Gasteiger partial charge in [-0.2, -0.15) is 8.78 Å². The number of fused-ring (bicyclic) bond motifs is 7. The summed E-state index contributed by atoms with van der Waals surface area (Å²) in [5.41, 5.74) is 2.30. The number of hydrogen-bond donors (Lipinski definition) is 1. The van der Waals surface area contributed by atoms with Gasteiger partial charge in [-0.3, -0.25) is 10.2 Å². The fourth-order valence-electron chi connectivity index (χ4n) is 5.54. The molecule has 0 unspecified atom stereocenters. The molecule has 0 bridgehead atoms. The van der Waals surface area contributed by atoms with Crippen LogP contribution in [0.3, 0.4) is 0 Å². The minimum atomic E-state index is -2.29. The molecule has 0 aliphatic carbocycles. The topological polar surface area (TPSA) is 78.3 Å². The molecule has 13 heteroatoms. The zero-order valence-electron chi connectivity index (χ0n) is 21.6. The van der Waals surface area contributed by atoms with Gasteiger partial charge in [0, 0.05) is 39.2 Å². The molecule has 0 radical (unpaired) electrons. The zero-order chi connectivity index (χ0) is 29.6. The maximum absolute atomic E-state index is 15.0. The summed E-state index contributed by atoms with van der Waals surface area (Å²) in [4.78, 5) is 15.4. The van der Waals surface area contributed by atoms with Crippen LogP contribution >= 0.6 is 0 Å². The Morgan fingerprint density at radius 1 is 0.698 bits per heavy atom. The first-order chi connectivity index (χ1) is 20.8. The van der Waals surface area contributed by atoms with E-state index < -0.39 is 42.0 Å². The number of benzene rings is 4. The van der Waals surface area contributed by atoms with Gasteiger partial charge in [0.05, 0.1) is 0 Å². The molecule has 0 saturated heterocycles. The van der Waals surface area contributed by atoms with Gasteiger partial charge in [0.15, 0.2) is 17.4 Å². The van der Waals surface area contributed by atoms with Crippen LogP contribution in [0.2, 0.25) is 0 Å². The van der Waals surface area contributed by atoms with Crippen LogP contribution in [-0.2, 0) is 0 Å². The summed E-state index contributed by atoms with van der Waals surface area (Å²) in [6.07, 6.45) is 1.61. The second-order valence-corrected chi connectivity index (χ2v) is 9.91. The van der Waals surface area contributed by atoms with Gasteiger partial charge in [-0.25, -0.2) is 28.1 Å². The van der Waals surface area contributed by atoms with E-state index in [1.54, 1.807) is 79.0 Å². The van der Waals surface area contributed by atoms with E-state index in [-0.39, 0.29) is 23.3 Å². The van der Waals surface area contributed by atoms with Gasteiger partial charge in [0.25, 0.3) is 0 Å². The van der Waals surface area contributed by atoms with E-state index in [2.05, 4.69) is 4.99 Å². The minimum Gasteiger partial charge on any atom is -0.518 e. The van der Waals surface area contributed by atoms with Gasteiger partial charge >= 0.3 is 7.19 Å². The summed E-state index contributed by atoms with van der Waals surface area (Å²) in [7, 11) is -1.54. The number of aliphatic imine (C=N–C) groups is 3. The quantitative estimate of drug-likeness (QED) is 0.117. The second kappa shape index (κ2) is 8.96. The predicted octanol–water partition coefficient (Wildman–Crippen LogP) is 6.19. The molecule has 3 aliphatic rings. The highest BCUT2D eigenvalue weighted by molar-refractivity contribution is 6.61. The third kappa shape index (κ3) is 3.47. The molecule has 0 atom stereocenters. The SMILES string of the molecule is N=C1N=C(N=C2c3ccccc3C3=Nc4c5ccccc5cn4B(Oc4c(F)c(F)c(F)c(F)c4F)N23)c2ccccc21. The smallest absolute Gasteiger partial charge is 0.518 e. The Morgan fingerprint density at radius 3 is 2.05 bits per heavy atom. The van der Waals surface area contributed by atoms with Gasteiger partial charge in [-0.1, -0.05) is 72.8 Å². The van der Waals surface area contributed by atoms with Crippen LogP contribution in [0.4, 0.5) is 27.8 Å². The van der Waals surface area contributed by atoms with Crippen LogP contribution in [0.5, 0.6) is 5.75 Å². The highest BCUT2D eigenvalue weighted by Crippen LogP contribution is 2.39. The van der Waals surface area contributed by atoms with Gasteiger partial charge in [-0.05, 0) is 0 Å². The molecule has 5 aromatic rings. The van der Waals surface area contributed by atoms with Crippen molar-refractivity contribution >= 4 is 47.1 Å². The van der Waals surface area contributed by atoms with E-state index >= 15 is 8.78 Å². The van der Waals surface area contributed by atoms with Crippen LogP contribution in [0.25, 0.3) is 10.8 Å². The molecular formula is C30H14BF5N6O. The standard InChI is InChI=1S/C30H14BF5N6O/c32-20-21(33)23(35)25(24(36)22(20)34)43-31-41-13-14-7-1-2-8-15(14)28(41)40-30-19-12-6-5-11-18(19)29(42(30)31)39-27-17-10-4-3-9-16(17)26(37)38-27/h1-13,37H. The van der Waals surface area contributed by atoms with Crippen LogP contribution < -0.4 is 4.65 Å². The van der Waals surface area contributed by atoms with Crippen LogP contribution in [0, 0.1) is 34.5 Å². The Balaban J connectivity index is 1.39. The summed E-state index contributed by atoms with van der Waals surface area (Å²) in [5, 5.41) is 9.68. The van der Waals surface area contributed by atoms with Crippen molar-refractivity contribution in [2.75, 3.05) is 0 Å². The largest absolute Gasteiger partial charge is 0.631 e. The molecular weight excluding hydrogens is 566 g/mol. The lowest BCUT2D eigenvalue weighted by Gasteiger charge is -2.31. The van der Waals surface area contributed by atoms with E-state index in [0.717, 1.165) is 0 Å². The van der Waals surface area contributed by atoms with Crippen LogP contribution in [0.1, 0.15) is 22.3 Å². The van der Waals surface area contributed by atoms with Crippen molar-refractivity contribution in [3.63, 3.8) is 0 Å². The Bertz CT molecular complexity index is 2150. The van der Waals surface area contributed by atoms with E-state index in [9.17, 15) is 13.2 Å². The number of nitrogens with one attached hydrogen (secondary N) is 1. The van der Waals surface area contributed by atoms with Crippen molar-refractivity contribution in [2.24, 2.45) is 15.0 Å². The molecule has 43 heavy (non-hydrogen) atoms. The summed E-state index contributed by atoms with van der Waals surface area (Å²) < 4.78 is 79.7. The van der Waals surface area contributed by atoms with Crippen molar-refractivity contribution in [1.82, 2.24) is 9.29 Å². The molecule has 0 amide bonds. The summed E-state index contributed by atoms with van der Waals surface area (Å²) >= 11 is 0. The predicted molar refractivity (Wildman–Crippen MR) is 151 cm³/mol. The van der Waals surface area contributed by atoms with Gasteiger partial charge < -0.3 is 9.13 Å². The first-order valence-electron chi connectivity index (χ1n) is 12.9. The highest BCUT2D eigenvalue weighted by Gasteiger charge is 2.49. The lowest BCUT2D eigenvalue weighted by molar-refractivity contribution is 0.342. The first kappa shape index (κ1) is 25.2. The average molecular weight is 580 g/mol. The number of halogens is 5. The zero-order valence-corrected chi connectivity index (χ0v) is 21.6. The van der Waals surface area contributed by atoms with E-state index in [1.165, 1.54) is 9.29 Å².